The maximum atomic E-state index is 5.79. The van der Waals surface area contributed by atoms with Crippen LogP contribution in [0.1, 0.15) is 39.0 Å². The number of hydrogen-bond acceptors (Lipinski definition) is 2. The number of rotatable bonds is 4. The molecule has 0 amide bonds. The summed E-state index contributed by atoms with van der Waals surface area (Å²) in [7, 11) is 0. The molecule has 2 atom stereocenters. The molecule has 1 rings (SSSR count). The summed E-state index contributed by atoms with van der Waals surface area (Å²) < 4.78 is 0. The molecule has 3 heteroatoms. The number of thioether (sulfide) groups is 1. The summed E-state index contributed by atoms with van der Waals surface area (Å²) in [5, 5.41) is 0.822. The quantitative estimate of drug-likeness (QED) is 0.559. The molecule has 1 aliphatic rings. The molecule has 2 N–H and O–H groups in total. The zero-order valence-corrected chi connectivity index (χ0v) is 9.44. The molecule has 1 aliphatic carbocycles. The molecule has 0 aliphatic heterocycles. The third-order valence-electron chi connectivity index (χ3n) is 2.54. The van der Waals surface area contributed by atoms with Crippen LogP contribution in [0.3, 0.4) is 0 Å². The normalized spacial score (nSPS) is 29.5. The third kappa shape index (κ3) is 3.59. The van der Waals surface area contributed by atoms with Gasteiger partial charge in [0.2, 0.25) is 0 Å². The molecule has 0 aromatic heterocycles. The van der Waals surface area contributed by atoms with Crippen LogP contribution in [-0.2, 0) is 0 Å². The van der Waals surface area contributed by atoms with Crippen molar-refractivity contribution >= 4 is 17.6 Å². The van der Waals surface area contributed by atoms with Gasteiger partial charge in [-0.3, -0.25) is 4.99 Å². The number of amidine groups is 1. The number of nitrogens with zero attached hydrogens (tertiary/aromatic N) is 1. The van der Waals surface area contributed by atoms with Crippen molar-refractivity contribution in [1.29, 1.82) is 0 Å². The second-order valence-corrected chi connectivity index (χ2v) is 4.83. The Labute approximate surface area is 85.4 Å². The number of nitrogens with two attached hydrogens (primary N) is 1. The van der Waals surface area contributed by atoms with Gasteiger partial charge in [0, 0.05) is 11.7 Å². The van der Waals surface area contributed by atoms with Gasteiger partial charge in [0.1, 0.15) is 0 Å². The van der Waals surface area contributed by atoms with Crippen molar-refractivity contribution in [2.75, 3.05) is 6.26 Å². The molecule has 0 spiro atoms. The van der Waals surface area contributed by atoms with Gasteiger partial charge in [-0.2, -0.15) is 11.8 Å². The predicted octanol–water partition coefficient (Wildman–Crippen LogP) is 2.43. The van der Waals surface area contributed by atoms with Gasteiger partial charge in [-0.1, -0.05) is 6.92 Å². The minimum Gasteiger partial charge on any atom is -0.387 e. The Bertz CT molecular complexity index is 180. The van der Waals surface area contributed by atoms with Gasteiger partial charge in [-0.15, -0.1) is 0 Å². The average molecular weight is 200 g/mol. The first-order valence-electron chi connectivity index (χ1n) is 5.11. The van der Waals surface area contributed by atoms with E-state index in [9.17, 15) is 0 Å². The topological polar surface area (TPSA) is 38.4 Å². The van der Waals surface area contributed by atoms with Crippen molar-refractivity contribution in [3.05, 3.63) is 0 Å². The van der Waals surface area contributed by atoms with Gasteiger partial charge < -0.3 is 5.73 Å². The van der Waals surface area contributed by atoms with Gasteiger partial charge in [0.15, 0.2) is 0 Å². The monoisotopic (exact) mass is 200 g/mol. The van der Waals surface area contributed by atoms with Crippen LogP contribution >= 0.6 is 11.8 Å². The Hall–Kier alpha value is -0.180. The highest BCUT2D eigenvalue weighted by atomic mass is 32.2. The molecule has 2 unspecified atom stereocenters. The fourth-order valence-corrected chi connectivity index (χ4v) is 2.59. The zero-order chi connectivity index (χ0) is 9.68. The molecule has 1 fully saturated rings. The Balaban J connectivity index is 2.34. The number of hydrogen-bond donors (Lipinski definition) is 1. The molecule has 0 bridgehead atoms. The van der Waals surface area contributed by atoms with Gasteiger partial charge in [-0.25, -0.2) is 0 Å². The zero-order valence-electron chi connectivity index (χ0n) is 8.62. The van der Waals surface area contributed by atoms with Crippen molar-refractivity contribution in [3.63, 3.8) is 0 Å². The van der Waals surface area contributed by atoms with Crippen LogP contribution in [0.4, 0.5) is 0 Å². The van der Waals surface area contributed by atoms with Crippen LogP contribution in [0.15, 0.2) is 4.99 Å². The average Bonchev–Trinajstić information content (AvgIpc) is 2.52. The van der Waals surface area contributed by atoms with Gasteiger partial charge in [-0.05, 0) is 31.9 Å². The first-order chi connectivity index (χ1) is 6.26. The molecule has 0 aromatic rings. The lowest BCUT2D eigenvalue weighted by Crippen LogP contribution is -2.15. The minimum atomic E-state index is 0.518. The Morgan fingerprint density at radius 1 is 1.54 bits per heavy atom. The van der Waals surface area contributed by atoms with Gasteiger partial charge >= 0.3 is 0 Å². The van der Waals surface area contributed by atoms with Crippen molar-refractivity contribution in [1.82, 2.24) is 0 Å². The molecule has 0 aromatic carbocycles. The summed E-state index contributed by atoms with van der Waals surface area (Å²) >= 11 is 1.97. The summed E-state index contributed by atoms with van der Waals surface area (Å²) in [4.78, 5) is 4.54. The second-order valence-electron chi connectivity index (χ2n) is 3.70. The summed E-state index contributed by atoms with van der Waals surface area (Å²) in [6.07, 6.45) is 8.02. The van der Waals surface area contributed by atoms with Crippen LogP contribution < -0.4 is 5.73 Å². The highest BCUT2D eigenvalue weighted by Crippen LogP contribution is 2.30. The van der Waals surface area contributed by atoms with Gasteiger partial charge in [0.25, 0.3) is 0 Å². The van der Waals surface area contributed by atoms with Crippen LogP contribution in [0, 0.1) is 0 Å². The summed E-state index contributed by atoms with van der Waals surface area (Å²) in [5.74, 6) is 0.856. The molecule has 2 nitrogen and oxygen atoms in total. The van der Waals surface area contributed by atoms with E-state index in [1.165, 1.54) is 19.3 Å². The SMILES string of the molecule is CCCC(N)=NC1CCC(SC)C1. The van der Waals surface area contributed by atoms with Crippen LogP contribution in [0.2, 0.25) is 0 Å². The third-order valence-corrected chi connectivity index (χ3v) is 3.64. The highest BCUT2D eigenvalue weighted by Gasteiger charge is 2.23. The van der Waals surface area contributed by atoms with E-state index in [0.29, 0.717) is 6.04 Å². The van der Waals surface area contributed by atoms with Crippen LogP contribution in [-0.4, -0.2) is 23.4 Å². The molecule has 13 heavy (non-hydrogen) atoms. The predicted molar refractivity (Wildman–Crippen MR) is 61.5 cm³/mol. The van der Waals surface area contributed by atoms with Gasteiger partial charge in [0.05, 0.1) is 11.9 Å². The maximum absolute atomic E-state index is 5.79. The standard InChI is InChI=1S/C10H20N2S/c1-3-4-10(11)12-8-5-6-9(7-8)13-2/h8-9H,3-7H2,1-2H3,(H2,11,12). The van der Waals surface area contributed by atoms with Crippen LogP contribution in [0.25, 0.3) is 0 Å². The van der Waals surface area contributed by atoms with E-state index in [4.69, 9.17) is 5.73 Å². The smallest absolute Gasteiger partial charge is 0.0940 e. The molecule has 1 saturated carbocycles. The molecular weight excluding hydrogens is 180 g/mol. The second kappa shape index (κ2) is 5.53. The lowest BCUT2D eigenvalue weighted by atomic mass is 10.2. The van der Waals surface area contributed by atoms with Crippen molar-refractivity contribution in [2.45, 2.75) is 50.3 Å². The van der Waals surface area contributed by atoms with E-state index in [1.807, 2.05) is 11.8 Å². The Morgan fingerprint density at radius 2 is 2.31 bits per heavy atom. The Morgan fingerprint density at radius 3 is 2.85 bits per heavy atom. The summed E-state index contributed by atoms with van der Waals surface area (Å²) in [6.45, 7) is 2.14. The van der Waals surface area contributed by atoms with E-state index in [1.54, 1.807) is 0 Å². The van der Waals surface area contributed by atoms with Crippen molar-refractivity contribution < 1.29 is 0 Å². The van der Waals surface area contributed by atoms with E-state index in [0.717, 1.165) is 23.9 Å². The fraction of sp³-hybridized carbons (Fsp3) is 0.900. The fourth-order valence-electron chi connectivity index (χ4n) is 1.80. The number of aliphatic imine (C=N–C) groups is 1. The minimum absolute atomic E-state index is 0.518. The first kappa shape index (κ1) is 10.9. The largest absolute Gasteiger partial charge is 0.387 e. The molecular formula is C10H20N2S. The van der Waals surface area contributed by atoms with E-state index < -0.39 is 0 Å². The molecule has 0 saturated heterocycles. The van der Waals surface area contributed by atoms with Crippen molar-refractivity contribution in [3.8, 4) is 0 Å². The molecule has 76 valence electrons. The van der Waals surface area contributed by atoms with E-state index >= 15 is 0 Å². The highest BCUT2D eigenvalue weighted by molar-refractivity contribution is 7.99. The van der Waals surface area contributed by atoms with E-state index in [-0.39, 0.29) is 0 Å². The maximum Gasteiger partial charge on any atom is 0.0940 e. The first-order valence-corrected chi connectivity index (χ1v) is 6.40. The molecule has 0 heterocycles. The van der Waals surface area contributed by atoms with Crippen molar-refractivity contribution in [2.24, 2.45) is 10.7 Å². The molecule has 0 radical (unpaired) electrons. The summed E-state index contributed by atoms with van der Waals surface area (Å²) in [5.41, 5.74) is 5.79. The summed E-state index contributed by atoms with van der Waals surface area (Å²) in [6, 6.07) is 0.518. The lowest BCUT2D eigenvalue weighted by Gasteiger charge is -2.06. The van der Waals surface area contributed by atoms with E-state index in [2.05, 4.69) is 18.2 Å². The Kier molecular flexibility index (Phi) is 4.64. The van der Waals surface area contributed by atoms with Crippen LogP contribution in [0.5, 0.6) is 0 Å². The lowest BCUT2D eigenvalue weighted by molar-refractivity contribution is 0.702.